The molecule has 29 heavy (non-hydrogen) atoms. The Kier molecular flexibility index (Phi) is 11.2. The topological polar surface area (TPSA) is 96.6 Å². The zero-order chi connectivity index (χ0) is 21.4. The van der Waals surface area contributed by atoms with E-state index in [1.807, 2.05) is 47.6 Å². The van der Waals surface area contributed by atoms with Crippen LogP contribution in [0.1, 0.15) is 73.3 Å². The molecular formula is C22H38N4O3. The highest BCUT2D eigenvalue weighted by molar-refractivity contribution is 6.40. The highest BCUT2D eigenvalue weighted by atomic mass is 16.5. The molecule has 0 saturated carbocycles. The Morgan fingerprint density at radius 1 is 0.931 bits per heavy atom. The van der Waals surface area contributed by atoms with Crippen LogP contribution in [0.5, 0.6) is 0 Å². The average molecular weight is 407 g/mol. The predicted molar refractivity (Wildman–Crippen MR) is 118 cm³/mol. The van der Waals surface area contributed by atoms with Crippen LogP contribution >= 0.6 is 0 Å². The van der Waals surface area contributed by atoms with Gasteiger partial charge in [-0.2, -0.15) is 0 Å². The summed E-state index contributed by atoms with van der Waals surface area (Å²) in [5.41, 5.74) is 3.80. The number of carbonyl (C=O) groups excluding carboxylic acids is 2. The smallest absolute Gasteiger partial charge is 0.266 e. The number of nitrogens with zero attached hydrogens (tertiary/aromatic N) is 2. The molecule has 0 atom stereocenters. The van der Waals surface area contributed by atoms with Gasteiger partial charge < -0.3 is 15.2 Å². The van der Waals surface area contributed by atoms with E-state index in [9.17, 15) is 9.59 Å². The molecule has 0 aromatic carbocycles. The molecule has 0 fully saturated rings. The molecule has 1 aromatic heterocycles. The maximum Gasteiger partial charge on any atom is 0.266 e. The Bertz CT molecular complexity index is 743. The molecule has 2 N–H and O–H groups in total. The lowest BCUT2D eigenvalue weighted by Crippen LogP contribution is -2.25. The van der Waals surface area contributed by atoms with Crippen LogP contribution in [0.4, 0.5) is 0 Å². The van der Waals surface area contributed by atoms with E-state index in [2.05, 4.69) is 34.6 Å². The lowest BCUT2D eigenvalue weighted by molar-refractivity contribution is -0.117. The van der Waals surface area contributed by atoms with Gasteiger partial charge in [0.15, 0.2) is 0 Å². The third-order valence-electron chi connectivity index (χ3n) is 4.28. The van der Waals surface area contributed by atoms with Gasteiger partial charge in [0.2, 0.25) is 5.91 Å². The molecule has 164 valence electrons. The van der Waals surface area contributed by atoms with E-state index in [0.29, 0.717) is 24.2 Å². The summed E-state index contributed by atoms with van der Waals surface area (Å²) in [5, 5.41) is 9.16. The summed E-state index contributed by atoms with van der Waals surface area (Å²) < 4.78 is 4.98. The van der Waals surface area contributed by atoms with Gasteiger partial charge in [-0.1, -0.05) is 54.1 Å². The van der Waals surface area contributed by atoms with Crippen LogP contribution in [-0.2, 0) is 9.59 Å². The zero-order valence-corrected chi connectivity index (χ0v) is 18.3. The van der Waals surface area contributed by atoms with Crippen LogP contribution in [0.2, 0.25) is 0 Å². The molecule has 1 aromatic rings. The van der Waals surface area contributed by atoms with Gasteiger partial charge in [-0.05, 0) is 25.3 Å². The summed E-state index contributed by atoms with van der Waals surface area (Å²) in [6.45, 7) is 17.3. The van der Waals surface area contributed by atoms with Crippen molar-refractivity contribution in [2.24, 2.45) is 16.8 Å². The van der Waals surface area contributed by atoms with Crippen LogP contribution in [0.25, 0.3) is 0 Å². The molecule has 2 amide bonds. The Morgan fingerprint density at radius 3 is 1.76 bits per heavy atom. The van der Waals surface area contributed by atoms with E-state index < -0.39 is 0 Å². The normalized spacial score (nSPS) is 15.3. The first-order valence-electron chi connectivity index (χ1n) is 9.78. The summed E-state index contributed by atoms with van der Waals surface area (Å²) in [6, 6.07) is 1.96. The van der Waals surface area contributed by atoms with E-state index in [-0.39, 0.29) is 25.2 Å². The molecule has 0 bridgehead atoms. The van der Waals surface area contributed by atoms with Crippen LogP contribution in [-0.4, -0.2) is 35.9 Å². The fraction of sp³-hybridized carbons (Fsp3) is 0.636. The molecule has 2 aliphatic heterocycles. The van der Waals surface area contributed by atoms with Gasteiger partial charge in [-0.15, -0.1) is 0 Å². The summed E-state index contributed by atoms with van der Waals surface area (Å²) in [5.74, 6) is 2.14. The van der Waals surface area contributed by atoms with Gasteiger partial charge in [0.25, 0.3) is 5.91 Å². The zero-order valence-electron chi connectivity index (χ0n) is 18.3. The number of nitrogens with one attached hydrogen (secondary N) is 2. The minimum absolute atomic E-state index is 0. The first-order chi connectivity index (χ1) is 13.0. The van der Waals surface area contributed by atoms with Crippen molar-refractivity contribution in [3.63, 3.8) is 0 Å². The van der Waals surface area contributed by atoms with Gasteiger partial charge in [0.05, 0.1) is 5.69 Å². The first-order valence-corrected chi connectivity index (χ1v) is 9.78. The number of carbonyl (C=O) groups is 2. The van der Waals surface area contributed by atoms with Gasteiger partial charge >= 0.3 is 0 Å². The maximum absolute atomic E-state index is 11.1. The van der Waals surface area contributed by atoms with Gasteiger partial charge in [-0.3, -0.25) is 14.6 Å². The Balaban J connectivity index is 0.000000399. The van der Waals surface area contributed by atoms with Crippen molar-refractivity contribution in [2.45, 2.75) is 68.7 Å². The second kappa shape index (κ2) is 12.2. The van der Waals surface area contributed by atoms with E-state index in [0.717, 1.165) is 23.6 Å². The van der Waals surface area contributed by atoms with Crippen molar-refractivity contribution in [2.75, 3.05) is 13.2 Å². The standard InChI is InChI=1S/C8H13NO.C7H11NO.C6H10N2O.CH4/c1-5(2)7-6(3)4-9-8(7)10;1-5(2)7-4-6(3)8-9-7;1-4(2)5-6(9)8-3-7-5;/h5H,4H2,1-3H3,(H,9,10);4-5H,1-3H3;4H,3H2,1-2H3,(H,8,9);1H4. The van der Waals surface area contributed by atoms with E-state index >= 15 is 0 Å². The SMILES string of the molecule is C.CC(C)C1=NCNC1=O.CC1=C(C(C)C)C(=O)NC1.Cc1cc(C(C)C)on1. The van der Waals surface area contributed by atoms with Crippen molar-refractivity contribution in [1.82, 2.24) is 15.8 Å². The third-order valence-corrected chi connectivity index (χ3v) is 4.28. The maximum atomic E-state index is 11.1. The van der Waals surface area contributed by atoms with Crippen LogP contribution in [0.3, 0.4) is 0 Å². The van der Waals surface area contributed by atoms with Gasteiger partial charge in [-0.25, -0.2) is 0 Å². The number of aryl methyl sites for hydroxylation is 1. The van der Waals surface area contributed by atoms with Crippen LogP contribution in [0, 0.1) is 18.8 Å². The average Bonchev–Trinajstić information content (AvgIpc) is 3.29. The summed E-state index contributed by atoms with van der Waals surface area (Å²) in [6.07, 6.45) is 0. The molecule has 0 aliphatic carbocycles. The van der Waals surface area contributed by atoms with E-state index in [1.165, 1.54) is 5.57 Å². The van der Waals surface area contributed by atoms with Crippen molar-refractivity contribution in [3.8, 4) is 0 Å². The Labute approximate surface area is 175 Å². The number of aliphatic imine (C=N–C) groups is 1. The van der Waals surface area contributed by atoms with E-state index in [1.54, 1.807) is 0 Å². The van der Waals surface area contributed by atoms with E-state index in [4.69, 9.17) is 4.52 Å². The molecule has 0 radical (unpaired) electrons. The second-order valence-corrected chi connectivity index (χ2v) is 7.92. The quantitative estimate of drug-likeness (QED) is 0.793. The summed E-state index contributed by atoms with van der Waals surface area (Å²) in [4.78, 5) is 25.8. The molecule has 7 heteroatoms. The summed E-state index contributed by atoms with van der Waals surface area (Å²) in [7, 11) is 0. The lowest BCUT2D eigenvalue weighted by atomic mass is 10.0. The van der Waals surface area contributed by atoms with Gasteiger partial charge in [0.1, 0.15) is 18.1 Å². The minimum atomic E-state index is -0.00926. The molecule has 0 spiro atoms. The number of hydrogen-bond acceptors (Lipinski definition) is 5. The minimum Gasteiger partial charge on any atom is -0.361 e. The fourth-order valence-corrected chi connectivity index (χ4v) is 2.81. The molecule has 0 unspecified atom stereocenters. The predicted octanol–water partition coefficient (Wildman–Crippen LogP) is 4.00. The Morgan fingerprint density at radius 2 is 1.55 bits per heavy atom. The Hall–Kier alpha value is -2.44. The molecule has 2 aliphatic rings. The molecule has 0 saturated heterocycles. The van der Waals surface area contributed by atoms with Crippen LogP contribution < -0.4 is 10.6 Å². The van der Waals surface area contributed by atoms with Crippen molar-refractivity contribution in [1.29, 1.82) is 0 Å². The highest BCUT2D eigenvalue weighted by Crippen LogP contribution is 2.18. The lowest BCUT2D eigenvalue weighted by Gasteiger charge is -2.03. The number of aromatic nitrogens is 1. The van der Waals surface area contributed by atoms with Gasteiger partial charge in [0, 0.05) is 30.0 Å². The number of amides is 2. The monoisotopic (exact) mass is 406 g/mol. The van der Waals surface area contributed by atoms with Crippen molar-refractivity contribution in [3.05, 3.63) is 28.7 Å². The van der Waals surface area contributed by atoms with Crippen LogP contribution in [0.15, 0.2) is 26.7 Å². The second-order valence-electron chi connectivity index (χ2n) is 7.92. The number of rotatable bonds is 3. The third kappa shape index (κ3) is 8.21. The molecule has 7 nitrogen and oxygen atoms in total. The highest BCUT2D eigenvalue weighted by Gasteiger charge is 2.21. The largest absolute Gasteiger partial charge is 0.361 e. The number of hydrogen-bond donors (Lipinski definition) is 2. The molecule has 3 rings (SSSR count). The summed E-state index contributed by atoms with van der Waals surface area (Å²) >= 11 is 0. The molecule has 3 heterocycles. The molecular weight excluding hydrogens is 368 g/mol. The first kappa shape index (κ1) is 26.6. The van der Waals surface area contributed by atoms with Crippen molar-refractivity contribution < 1.29 is 14.1 Å². The fourth-order valence-electron chi connectivity index (χ4n) is 2.81. The van der Waals surface area contributed by atoms with Crippen molar-refractivity contribution >= 4 is 17.5 Å².